The number of fused-ring (bicyclic) bond motifs is 12. The number of hydrogen-bond donors (Lipinski definition) is 0. The number of benzene rings is 9. The molecule has 0 fully saturated rings. The molecule has 5 heteroatoms. The van der Waals surface area contributed by atoms with Gasteiger partial charge in [0.05, 0.1) is 27.8 Å². The van der Waals surface area contributed by atoms with Gasteiger partial charge >= 0.3 is 0 Å². The van der Waals surface area contributed by atoms with E-state index in [9.17, 15) is 0 Å². The molecule has 0 radical (unpaired) electrons. The van der Waals surface area contributed by atoms with Crippen LogP contribution in [-0.2, 0) is 0 Å². The monoisotopic (exact) mass is 791 g/mol. The van der Waals surface area contributed by atoms with Crippen molar-refractivity contribution in [3.63, 3.8) is 0 Å². The van der Waals surface area contributed by atoms with Crippen molar-refractivity contribution in [3.05, 3.63) is 206 Å². The maximum absolute atomic E-state index is 5.26. The van der Waals surface area contributed by atoms with Gasteiger partial charge in [-0.3, -0.25) is 4.57 Å². The average Bonchev–Trinajstić information content (AvgIpc) is 3.85. The van der Waals surface area contributed by atoms with Crippen LogP contribution < -0.4 is 0 Å². The van der Waals surface area contributed by atoms with Crippen LogP contribution in [0.3, 0.4) is 0 Å². The van der Waals surface area contributed by atoms with Crippen LogP contribution in [0.2, 0.25) is 0 Å². The van der Waals surface area contributed by atoms with E-state index in [0.717, 1.165) is 62.5 Å². The highest BCUT2D eigenvalue weighted by molar-refractivity contribution is 6.26. The topological polar surface area (TPSA) is 48.5 Å². The van der Waals surface area contributed by atoms with Crippen molar-refractivity contribution >= 4 is 81.5 Å². The van der Waals surface area contributed by atoms with Gasteiger partial charge in [0.15, 0.2) is 11.6 Å². The van der Waals surface area contributed by atoms with Gasteiger partial charge in [-0.2, -0.15) is 9.97 Å². The Balaban J connectivity index is 1.09. The summed E-state index contributed by atoms with van der Waals surface area (Å²) in [4.78, 5) is 15.6. The van der Waals surface area contributed by atoms with E-state index in [1.54, 1.807) is 0 Å². The lowest BCUT2D eigenvalue weighted by Gasteiger charge is -2.16. The Morgan fingerprint density at radius 2 is 0.919 bits per heavy atom. The zero-order chi connectivity index (χ0) is 40.7. The summed E-state index contributed by atoms with van der Waals surface area (Å²) >= 11 is 0. The fourth-order valence-electron chi connectivity index (χ4n) is 9.98. The molecule has 1 aliphatic carbocycles. The molecule has 3 heterocycles. The number of hydrogen-bond acceptors (Lipinski definition) is 3. The maximum Gasteiger partial charge on any atom is 0.238 e. The standard InChI is InChI=1S/C57H37N5/c1-3-17-36(18-4-1)55-58-56(37-19-5-2-6-20-37)60-57(59-55)62-52-30-16-13-27-46(52)49-34-48-45-26-12-15-29-51(45)61(53(48)35-54(49)62)50-28-14-11-21-39(50)38-31-32-44-42-24-8-7-22-40(42)41-23-9-10-25-43(41)47(44)33-38/h1,3-5,7-35H,2,6H2. The zero-order valence-corrected chi connectivity index (χ0v) is 33.7. The number of allylic oxidation sites excluding steroid dienone is 4. The van der Waals surface area contributed by atoms with E-state index >= 15 is 0 Å². The molecule has 0 aliphatic heterocycles. The molecule has 290 valence electrons. The fraction of sp³-hybridized carbons (Fsp3) is 0.0351. The fourth-order valence-corrected chi connectivity index (χ4v) is 9.98. The summed E-state index contributed by atoms with van der Waals surface area (Å²) in [7, 11) is 0. The van der Waals surface area contributed by atoms with Crippen molar-refractivity contribution in [1.82, 2.24) is 24.1 Å². The third-order valence-corrected chi connectivity index (χ3v) is 12.8. The minimum Gasteiger partial charge on any atom is -0.309 e. The molecule has 1 aliphatic rings. The first-order chi connectivity index (χ1) is 30.8. The molecule has 0 amide bonds. The summed E-state index contributed by atoms with van der Waals surface area (Å²) in [5.41, 5.74) is 9.78. The van der Waals surface area contributed by atoms with E-state index in [2.05, 4.69) is 191 Å². The van der Waals surface area contributed by atoms with Gasteiger partial charge < -0.3 is 4.57 Å². The highest BCUT2D eigenvalue weighted by Gasteiger charge is 2.22. The normalized spacial score (nSPS) is 13.1. The quantitative estimate of drug-likeness (QED) is 0.163. The number of nitrogens with zero attached hydrogens (tertiary/aromatic N) is 5. The van der Waals surface area contributed by atoms with Crippen molar-refractivity contribution in [2.24, 2.45) is 0 Å². The Morgan fingerprint density at radius 3 is 1.61 bits per heavy atom. The lowest BCUT2D eigenvalue weighted by molar-refractivity contribution is 0.928. The number of rotatable bonds is 5. The minimum atomic E-state index is 0.596. The smallest absolute Gasteiger partial charge is 0.238 e. The molecule has 0 unspecified atom stereocenters. The van der Waals surface area contributed by atoms with Crippen molar-refractivity contribution in [1.29, 1.82) is 0 Å². The van der Waals surface area contributed by atoms with Gasteiger partial charge in [0.1, 0.15) is 0 Å². The second-order valence-electron chi connectivity index (χ2n) is 16.2. The largest absolute Gasteiger partial charge is 0.309 e. The molecular weight excluding hydrogens is 755 g/mol. The van der Waals surface area contributed by atoms with Crippen LogP contribution >= 0.6 is 0 Å². The van der Waals surface area contributed by atoms with E-state index < -0.39 is 0 Å². The average molecular weight is 792 g/mol. The first kappa shape index (κ1) is 34.7. The highest BCUT2D eigenvalue weighted by Crippen LogP contribution is 2.43. The minimum absolute atomic E-state index is 0.596. The summed E-state index contributed by atoms with van der Waals surface area (Å²) in [6.45, 7) is 0. The third-order valence-electron chi connectivity index (χ3n) is 12.8. The van der Waals surface area contributed by atoms with Gasteiger partial charge in [-0.05, 0) is 87.1 Å². The van der Waals surface area contributed by atoms with E-state index in [1.165, 1.54) is 54.2 Å². The van der Waals surface area contributed by atoms with Gasteiger partial charge in [0.2, 0.25) is 5.95 Å². The lowest BCUT2D eigenvalue weighted by Crippen LogP contribution is -2.08. The Hall–Kier alpha value is -8.15. The first-order valence-corrected chi connectivity index (χ1v) is 21.4. The van der Waals surface area contributed by atoms with Crippen LogP contribution in [0.15, 0.2) is 200 Å². The number of para-hydroxylation sites is 3. The van der Waals surface area contributed by atoms with Crippen LogP contribution in [0.5, 0.6) is 0 Å². The molecule has 0 N–H and O–H groups in total. The lowest BCUT2D eigenvalue weighted by atomic mass is 9.92. The number of aromatic nitrogens is 5. The molecule has 13 rings (SSSR count). The van der Waals surface area contributed by atoms with E-state index in [-0.39, 0.29) is 0 Å². The molecule has 0 bridgehead atoms. The van der Waals surface area contributed by atoms with Crippen molar-refractivity contribution in [2.45, 2.75) is 12.8 Å². The van der Waals surface area contributed by atoms with Crippen LogP contribution in [0, 0.1) is 0 Å². The second-order valence-corrected chi connectivity index (χ2v) is 16.2. The molecule has 0 saturated heterocycles. The molecule has 12 aromatic rings. The zero-order valence-electron chi connectivity index (χ0n) is 33.7. The molecule has 62 heavy (non-hydrogen) atoms. The highest BCUT2D eigenvalue weighted by atomic mass is 15.2. The van der Waals surface area contributed by atoms with Crippen molar-refractivity contribution < 1.29 is 0 Å². The first-order valence-electron chi connectivity index (χ1n) is 21.4. The molecule has 0 spiro atoms. The van der Waals surface area contributed by atoms with Gasteiger partial charge in [0, 0.05) is 38.2 Å². The summed E-state index contributed by atoms with van der Waals surface area (Å²) in [5, 5.41) is 12.3. The summed E-state index contributed by atoms with van der Waals surface area (Å²) < 4.78 is 4.69. The van der Waals surface area contributed by atoms with Crippen LogP contribution in [0.1, 0.15) is 18.7 Å². The molecule has 5 nitrogen and oxygen atoms in total. The molecule has 0 atom stereocenters. The van der Waals surface area contributed by atoms with Gasteiger partial charge in [0.25, 0.3) is 0 Å². The Labute approximate surface area is 357 Å². The Bertz CT molecular complexity index is 3830. The van der Waals surface area contributed by atoms with Gasteiger partial charge in [-0.15, -0.1) is 0 Å². The molecule has 9 aromatic carbocycles. The van der Waals surface area contributed by atoms with Crippen molar-refractivity contribution in [3.8, 4) is 34.2 Å². The molecule has 0 saturated carbocycles. The molecule has 3 aromatic heterocycles. The second kappa shape index (κ2) is 13.7. The van der Waals surface area contributed by atoms with E-state index in [1.807, 2.05) is 18.2 Å². The van der Waals surface area contributed by atoms with Gasteiger partial charge in [-0.25, -0.2) is 4.98 Å². The summed E-state index contributed by atoms with van der Waals surface area (Å²) in [6, 6.07) is 65.8. The van der Waals surface area contributed by atoms with Crippen LogP contribution in [-0.4, -0.2) is 24.1 Å². The van der Waals surface area contributed by atoms with Crippen LogP contribution in [0.25, 0.3) is 116 Å². The third kappa shape index (κ3) is 5.25. The summed E-state index contributed by atoms with van der Waals surface area (Å²) in [6.07, 6.45) is 8.56. The SMILES string of the molecule is C1=CC(c2nc(-c3ccccc3)nc(-n3c4ccccc4c4cc5c6ccccc6n(-c6ccccc6-c6ccc7c8ccccc8c8ccccc8c7c6)c5cc43)n2)=CCC1. The van der Waals surface area contributed by atoms with Crippen molar-refractivity contribution in [2.75, 3.05) is 0 Å². The van der Waals surface area contributed by atoms with E-state index in [4.69, 9.17) is 15.0 Å². The van der Waals surface area contributed by atoms with Gasteiger partial charge in [-0.1, -0.05) is 164 Å². The maximum atomic E-state index is 5.26. The summed E-state index contributed by atoms with van der Waals surface area (Å²) in [5.74, 6) is 1.92. The Kier molecular flexibility index (Phi) is 7.66. The molecular formula is C57H37N5. The van der Waals surface area contributed by atoms with Crippen LogP contribution in [0.4, 0.5) is 0 Å². The Morgan fingerprint density at radius 1 is 0.355 bits per heavy atom. The predicted octanol–water partition coefficient (Wildman–Crippen LogP) is 14.6. The van der Waals surface area contributed by atoms with E-state index in [0.29, 0.717) is 17.6 Å². The predicted molar refractivity (Wildman–Crippen MR) is 258 cm³/mol.